The smallest absolute Gasteiger partial charge is 0.151 e. The number of rotatable bonds is 5. The highest BCUT2D eigenvalue weighted by molar-refractivity contribution is 9.10. The van der Waals surface area contributed by atoms with Crippen molar-refractivity contribution in [2.75, 3.05) is 17.2 Å². The summed E-state index contributed by atoms with van der Waals surface area (Å²) in [6.45, 7) is 2.89. The van der Waals surface area contributed by atoms with Crippen molar-refractivity contribution < 1.29 is 0 Å². The number of nitrogens with zero attached hydrogens (tertiary/aromatic N) is 1. The van der Waals surface area contributed by atoms with Crippen LogP contribution in [0.4, 0.5) is 17.3 Å². The van der Waals surface area contributed by atoms with Crippen LogP contribution in [0.1, 0.15) is 13.3 Å². The van der Waals surface area contributed by atoms with Gasteiger partial charge >= 0.3 is 0 Å². The summed E-state index contributed by atoms with van der Waals surface area (Å²) in [7, 11) is 0. The number of hydrogen-bond acceptors (Lipinski definition) is 3. The Hall–Kier alpha value is -0.970. The van der Waals surface area contributed by atoms with E-state index in [1.54, 1.807) is 6.07 Å². The normalized spacial score (nSPS) is 10.4. The first-order valence-corrected chi connectivity index (χ1v) is 7.77. The molecule has 20 heavy (non-hydrogen) atoms. The molecule has 1 aromatic heterocycles. The van der Waals surface area contributed by atoms with Gasteiger partial charge in [-0.25, -0.2) is 4.98 Å². The fourth-order valence-electron chi connectivity index (χ4n) is 1.62. The van der Waals surface area contributed by atoms with Gasteiger partial charge in [0, 0.05) is 16.7 Å². The predicted molar refractivity (Wildman–Crippen MR) is 90.5 cm³/mol. The Morgan fingerprint density at radius 2 is 1.90 bits per heavy atom. The zero-order chi connectivity index (χ0) is 14.5. The molecule has 0 aliphatic rings. The molecule has 2 rings (SSSR count). The lowest BCUT2D eigenvalue weighted by molar-refractivity contribution is 0.970. The quantitative estimate of drug-likeness (QED) is 0.702. The minimum Gasteiger partial charge on any atom is -0.369 e. The molecule has 106 valence electrons. The van der Waals surface area contributed by atoms with Crippen LogP contribution in [0.2, 0.25) is 10.0 Å². The first-order chi connectivity index (χ1) is 9.60. The molecule has 0 unspecified atom stereocenters. The Balaban J connectivity index is 2.26. The van der Waals surface area contributed by atoms with E-state index in [-0.39, 0.29) is 0 Å². The molecule has 0 saturated carbocycles. The molecule has 0 spiro atoms. The van der Waals surface area contributed by atoms with Crippen molar-refractivity contribution in [1.29, 1.82) is 0 Å². The van der Waals surface area contributed by atoms with Gasteiger partial charge in [0.2, 0.25) is 0 Å². The summed E-state index contributed by atoms with van der Waals surface area (Å²) < 4.78 is 0.983. The van der Waals surface area contributed by atoms with E-state index in [1.807, 2.05) is 24.3 Å². The molecule has 0 radical (unpaired) electrons. The van der Waals surface area contributed by atoms with Crippen molar-refractivity contribution in [2.24, 2.45) is 0 Å². The van der Waals surface area contributed by atoms with Crippen LogP contribution in [0.15, 0.2) is 34.8 Å². The number of nitrogens with one attached hydrogen (secondary N) is 2. The predicted octanol–water partition coefficient (Wildman–Crippen LogP) is 5.72. The standard InChI is InChI=1S/C14H14BrCl2N3/c1-2-6-18-13-11(16)8-12(17)14(20-13)19-10-5-3-4-9(15)7-10/h3-5,7-8H,2,6H2,1H3,(H2,18,19,20). The monoisotopic (exact) mass is 373 g/mol. The van der Waals surface area contributed by atoms with Crippen LogP contribution in [-0.2, 0) is 0 Å². The summed E-state index contributed by atoms with van der Waals surface area (Å²) in [5.74, 6) is 1.21. The van der Waals surface area contributed by atoms with Crippen LogP contribution in [0.5, 0.6) is 0 Å². The van der Waals surface area contributed by atoms with Gasteiger partial charge in [0.15, 0.2) is 5.82 Å². The zero-order valence-corrected chi connectivity index (χ0v) is 14.0. The van der Waals surface area contributed by atoms with Crippen molar-refractivity contribution in [2.45, 2.75) is 13.3 Å². The second-order valence-electron chi connectivity index (χ2n) is 4.21. The molecule has 3 nitrogen and oxygen atoms in total. The Bertz CT molecular complexity index is 605. The molecular weight excluding hydrogens is 361 g/mol. The third kappa shape index (κ3) is 4.01. The van der Waals surface area contributed by atoms with E-state index < -0.39 is 0 Å². The number of pyridine rings is 1. The lowest BCUT2D eigenvalue weighted by Crippen LogP contribution is -2.04. The highest BCUT2D eigenvalue weighted by Crippen LogP contribution is 2.31. The van der Waals surface area contributed by atoms with Gasteiger partial charge in [-0.3, -0.25) is 0 Å². The summed E-state index contributed by atoms with van der Waals surface area (Å²) in [6.07, 6.45) is 0.995. The molecule has 2 N–H and O–H groups in total. The second-order valence-corrected chi connectivity index (χ2v) is 5.94. The van der Waals surface area contributed by atoms with E-state index in [1.165, 1.54) is 0 Å². The molecule has 1 aromatic carbocycles. The van der Waals surface area contributed by atoms with Crippen molar-refractivity contribution in [3.8, 4) is 0 Å². The highest BCUT2D eigenvalue weighted by atomic mass is 79.9. The maximum Gasteiger partial charge on any atom is 0.151 e. The van der Waals surface area contributed by atoms with E-state index in [0.29, 0.717) is 21.7 Å². The van der Waals surface area contributed by atoms with Crippen molar-refractivity contribution in [1.82, 2.24) is 4.98 Å². The Kier molecular flexibility index (Phi) is 5.52. The maximum absolute atomic E-state index is 6.18. The van der Waals surface area contributed by atoms with Gasteiger partial charge in [-0.15, -0.1) is 0 Å². The molecule has 0 atom stereocenters. The van der Waals surface area contributed by atoms with Gasteiger partial charge in [-0.1, -0.05) is 52.1 Å². The van der Waals surface area contributed by atoms with Crippen molar-refractivity contribution in [3.63, 3.8) is 0 Å². The van der Waals surface area contributed by atoms with Gasteiger partial charge in [-0.2, -0.15) is 0 Å². The van der Waals surface area contributed by atoms with Gasteiger partial charge in [0.25, 0.3) is 0 Å². The fourth-order valence-corrected chi connectivity index (χ4v) is 2.50. The largest absolute Gasteiger partial charge is 0.369 e. The first kappa shape index (κ1) is 15.4. The molecule has 0 fully saturated rings. The first-order valence-electron chi connectivity index (χ1n) is 6.22. The number of benzene rings is 1. The molecule has 2 aromatic rings. The summed E-state index contributed by atoms with van der Waals surface area (Å²) in [4.78, 5) is 4.43. The topological polar surface area (TPSA) is 37.0 Å². The molecule has 0 amide bonds. The molecule has 0 aliphatic heterocycles. The van der Waals surface area contributed by atoms with E-state index in [0.717, 1.165) is 23.1 Å². The van der Waals surface area contributed by atoms with Crippen LogP contribution in [0.3, 0.4) is 0 Å². The number of halogens is 3. The van der Waals surface area contributed by atoms with Crippen molar-refractivity contribution >= 4 is 56.5 Å². The highest BCUT2D eigenvalue weighted by Gasteiger charge is 2.09. The SMILES string of the molecule is CCCNc1nc(Nc2cccc(Br)c2)c(Cl)cc1Cl. The van der Waals surface area contributed by atoms with Crippen LogP contribution in [0, 0.1) is 0 Å². The molecule has 0 saturated heterocycles. The van der Waals surface area contributed by atoms with Crippen LogP contribution in [-0.4, -0.2) is 11.5 Å². The molecule has 0 aliphatic carbocycles. The lowest BCUT2D eigenvalue weighted by atomic mass is 10.3. The molecule has 1 heterocycles. The van der Waals surface area contributed by atoms with Gasteiger partial charge in [0.05, 0.1) is 10.0 Å². The minimum atomic E-state index is 0.483. The van der Waals surface area contributed by atoms with E-state index >= 15 is 0 Å². The summed E-state index contributed by atoms with van der Waals surface area (Å²) in [6, 6.07) is 9.47. The average Bonchev–Trinajstić information content (AvgIpc) is 2.40. The Labute approximate surface area is 136 Å². The number of anilines is 3. The summed E-state index contributed by atoms with van der Waals surface area (Å²) in [5, 5.41) is 7.36. The van der Waals surface area contributed by atoms with Gasteiger partial charge < -0.3 is 10.6 Å². The van der Waals surface area contributed by atoms with Crippen LogP contribution >= 0.6 is 39.1 Å². The fraction of sp³-hybridized carbons (Fsp3) is 0.214. The third-order valence-corrected chi connectivity index (χ3v) is 3.63. The molecule has 0 bridgehead atoms. The maximum atomic E-state index is 6.18. The second kappa shape index (κ2) is 7.16. The number of aromatic nitrogens is 1. The molecule has 6 heteroatoms. The Morgan fingerprint density at radius 1 is 1.15 bits per heavy atom. The molecular formula is C14H14BrCl2N3. The third-order valence-electron chi connectivity index (χ3n) is 2.56. The van der Waals surface area contributed by atoms with E-state index in [2.05, 4.69) is 38.5 Å². The van der Waals surface area contributed by atoms with Gasteiger partial charge in [0.1, 0.15) is 5.82 Å². The average molecular weight is 375 g/mol. The van der Waals surface area contributed by atoms with Gasteiger partial charge in [-0.05, 0) is 30.7 Å². The van der Waals surface area contributed by atoms with Crippen LogP contribution < -0.4 is 10.6 Å². The minimum absolute atomic E-state index is 0.483. The zero-order valence-electron chi connectivity index (χ0n) is 10.9. The van der Waals surface area contributed by atoms with Crippen LogP contribution in [0.25, 0.3) is 0 Å². The van der Waals surface area contributed by atoms with Crippen molar-refractivity contribution in [3.05, 3.63) is 44.8 Å². The Morgan fingerprint density at radius 3 is 2.60 bits per heavy atom. The summed E-state index contributed by atoms with van der Waals surface area (Å²) >= 11 is 15.7. The van der Waals surface area contributed by atoms with E-state index in [9.17, 15) is 0 Å². The van der Waals surface area contributed by atoms with E-state index in [4.69, 9.17) is 23.2 Å². The summed E-state index contributed by atoms with van der Waals surface area (Å²) in [5.41, 5.74) is 0.900. The lowest BCUT2D eigenvalue weighted by Gasteiger charge is -2.12. The number of hydrogen-bond donors (Lipinski definition) is 2.